The fourth-order valence-corrected chi connectivity index (χ4v) is 7.24. The van der Waals surface area contributed by atoms with Crippen LogP contribution in [0.2, 0.25) is 0 Å². The zero-order valence-electron chi connectivity index (χ0n) is 34.5. The topological polar surface area (TPSA) is 59.2 Å². The van der Waals surface area contributed by atoms with E-state index in [1.54, 1.807) is 0 Å². The molecule has 5 heteroatoms. The number of hydrogen-bond acceptors (Lipinski definition) is 4. The molecule has 5 aromatic carbocycles. The summed E-state index contributed by atoms with van der Waals surface area (Å²) in [6.45, 7) is 24.1. The Balaban J connectivity index is 0.00000532. The number of rotatable bonds is 6. The number of aromatic nitrogens is 2. The maximum atomic E-state index is 11.7. The van der Waals surface area contributed by atoms with Gasteiger partial charge in [-0.1, -0.05) is 166 Å². The van der Waals surface area contributed by atoms with Crippen molar-refractivity contribution in [3.05, 3.63) is 149 Å². The maximum absolute atomic E-state index is 11.7. The molecule has 0 spiro atoms. The molecule has 0 aliphatic carbocycles. The van der Waals surface area contributed by atoms with Crippen molar-refractivity contribution in [2.75, 3.05) is 0 Å². The second kappa shape index (κ2) is 14.9. The molecular formula is C51H53N2O2Pt-. The van der Waals surface area contributed by atoms with Gasteiger partial charge in [-0.15, -0.1) is 29.3 Å². The molecule has 0 unspecified atom stereocenters. The first kappa shape index (κ1) is 40.9. The van der Waals surface area contributed by atoms with Crippen molar-refractivity contribution in [1.82, 2.24) is 9.97 Å². The number of phenolic OH excluding ortho intramolecular Hbond substituents is 1. The van der Waals surface area contributed by atoms with Crippen LogP contribution in [-0.2, 0) is 42.7 Å². The van der Waals surface area contributed by atoms with Crippen molar-refractivity contribution in [3.63, 3.8) is 0 Å². The molecule has 0 bridgehead atoms. The Morgan fingerprint density at radius 3 is 1.86 bits per heavy atom. The predicted octanol–water partition coefficient (Wildman–Crippen LogP) is 13.6. The Kier molecular flexibility index (Phi) is 10.9. The van der Waals surface area contributed by atoms with Crippen LogP contribution in [0.25, 0.3) is 56.1 Å². The van der Waals surface area contributed by atoms with Crippen molar-refractivity contribution in [3.8, 4) is 50.7 Å². The number of pyridine rings is 1. The van der Waals surface area contributed by atoms with E-state index >= 15 is 0 Å². The van der Waals surface area contributed by atoms with E-state index in [9.17, 15) is 5.11 Å². The number of para-hydroxylation sites is 1. The van der Waals surface area contributed by atoms with Crippen LogP contribution in [0.4, 0.5) is 0 Å². The van der Waals surface area contributed by atoms with Gasteiger partial charge in [0, 0.05) is 43.9 Å². The quantitative estimate of drug-likeness (QED) is 0.169. The monoisotopic (exact) mass is 920 g/mol. The second-order valence-corrected chi connectivity index (χ2v) is 18.5. The fourth-order valence-electron chi connectivity index (χ4n) is 7.24. The van der Waals surface area contributed by atoms with Crippen molar-refractivity contribution in [1.29, 1.82) is 0 Å². The minimum atomic E-state index is -0.275. The van der Waals surface area contributed by atoms with Crippen molar-refractivity contribution in [2.45, 2.75) is 97.8 Å². The van der Waals surface area contributed by atoms with Gasteiger partial charge >= 0.3 is 0 Å². The summed E-state index contributed by atoms with van der Waals surface area (Å²) < 4.78 is 6.47. The first-order chi connectivity index (χ1) is 25.8. The van der Waals surface area contributed by atoms with Crippen LogP contribution in [0, 0.1) is 6.07 Å². The number of hydrogen-bond donors (Lipinski definition) is 1. The number of phenols is 1. The van der Waals surface area contributed by atoms with Crippen LogP contribution in [0.5, 0.6) is 5.75 Å². The molecule has 7 rings (SSSR count). The fraction of sp³-hybridized carbons (Fsp3) is 0.294. The average Bonchev–Trinajstić information content (AvgIpc) is 3.58. The molecule has 290 valence electrons. The molecule has 0 saturated carbocycles. The number of oxazole rings is 1. The summed E-state index contributed by atoms with van der Waals surface area (Å²) in [5.41, 5.74) is 12.8. The van der Waals surface area contributed by atoms with Crippen molar-refractivity contribution in [2.24, 2.45) is 0 Å². The molecule has 0 fully saturated rings. The van der Waals surface area contributed by atoms with Gasteiger partial charge < -0.3 is 9.52 Å². The van der Waals surface area contributed by atoms with Crippen LogP contribution in [-0.4, -0.2) is 15.1 Å². The molecule has 0 amide bonds. The van der Waals surface area contributed by atoms with Gasteiger partial charge in [-0.3, -0.25) is 4.98 Å². The number of nitrogens with zero attached hydrogens (tertiary/aromatic N) is 2. The third-order valence-electron chi connectivity index (χ3n) is 10.9. The smallest absolute Gasteiger partial charge is 0.230 e. The minimum Gasteiger partial charge on any atom is -0.507 e. The zero-order chi connectivity index (χ0) is 39.5. The Bertz CT molecular complexity index is 2530. The van der Waals surface area contributed by atoms with Crippen LogP contribution in [0.15, 0.2) is 120 Å². The Morgan fingerprint density at radius 2 is 1.18 bits per heavy atom. The van der Waals surface area contributed by atoms with Gasteiger partial charge in [0.15, 0.2) is 0 Å². The van der Waals surface area contributed by atoms with Gasteiger partial charge in [0.25, 0.3) is 0 Å². The molecule has 2 aromatic heterocycles. The van der Waals surface area contributed by atoms with Gasteiger partial charge in [-0.25, -0.2) is 4.98 Å². The van der Waals surface area contributed by atoms with Gasteiger partial charge in [-0.05, 0) is 62.3 Å². The third kappa shape index (κ3) is 8.05. The second-order valence-electron chi connectivity index (χ2n) is 18.5. The molecule has 0 atom stereocenters. The normalized spacial score (nSPS) is 12.5. The summed E-state index contributed by atoms with van der Waals surface area (Å²) in [6, 6.07) is 42.1. The van der Waals surface area contributed by atoms with E-state index in [1.165, 1.54) is 16.7 Å². The molecular weight excluding hydrogens is 868 g/mol. The predicted molar refractivity (Wildman–Crippen MR) is 229 cm³/mol. The van der Waals surface area contributed by atoms with Gasteiger partial charge in [0.05, 0.1) is 11.1 Å². The van der Waals surface area contributed by atoms with Gasteiger partial charge in [-0.2, -0.15) is 0 Å². The van der Waals surface area contributed by atoms with Crippen LogP contribution in [0.3, 0.4) is 0 Å². The van der Waals surface area contributed by atoms with E-state index in [2.05, 4.69) is 173 Å². The standard InChI is InChI=1S/C51H53N2O2.Pt/c1-48(2,3)38-27-34(40-21-16-22-44-45(40)53-47(55-44)41-30-39(49(4,5)6)31-42(46(41)54)50(7,8)9)25-35(28-38)43-29-33(23-24-52-43)32-17-15-20-37(26-32)51(10,11)36-18-13-12-14-19-36;/h12-24,26-31,54H,1-11H3;/q-1;. The summed E-state index contributed by atoms with van der Waals surface area (Å²) in [6.07, 6.45) is 1.89. The van der Waals surface area contributed by atoms with Crippen LogP contribution in [0.1, 0.15) is 104 Å². The molecule has 56 heavy (non-hydrogen) atoms. The molecule has 0 aliphatic heterocycles. The minimum absolute atomic E-state index is 0. The van der Waals surface area contributed by atoms with Crippen LogP contribution < -0.4 is 0 Å². The maximum Gasteiger partial charge on any atom is 0.230 e. The molecule has 1 N–H and O–H groups in total. The third-order valence-corrected chi connectivity index (χ3v) is 10.9. The molecule has 2 heterocycles. The molecule has 7 aromatic rings. The summed E-state index contributed by atoms with van der Waals surface area (Å²) in [7, 11) is 0. The van der Waals surface area contributed by atoms with E-state index < -0.39 is 0 Å². The number of fused-ring (bicyclic) bond motifs is 1. The van der Waals surface area contributed by atoms with Gasteiger partial charge in [0.1, 0.15) is 11.3 Å². The Labute approximate surface area is 347 Å². The summed E-state index contributed by atoms with van der Waals surface area (Å²) in [5.74, 6) is 0.605. The Morgan fingerprint density at radius 1 is 0.554 bits per heavy atom. The zero-order valence-corrected chi connectivity index (χ0v) is 36.8. The first-order valence-corrected chi connectivity index (χ1v) is 19.3. The summed E-state index contributed by atoms with van der Waals surface area (Å²) >= 11 is 0. The molecule has 0 radical (unpaired) electrons. The molecule has 0 saturated heterocycles. The molecule has 4 nitrogen and oxygen atoms in total. The van der Waals surface area contributed by atoms with Crippen LogP contribution >= 0.6 is 0 Å². The Hall–Kier alpha value is -4.79. The largest absolute Gasteiger partial charge is 0.507 e. The van der Waals surface area contributed by atoms with E-state index in [4.69, 9.17) is 14.4 Å². The SMILES string of the molecule is CC(C)(C)c1cc(-c2cc(-c3cccc(C(C)(C)c4ccccc4)c3)ccn2)[c-]c(-c2cccc3oc(-c4cc(C(C)(C)C)cc(C(C)(C)C)c4O)nc23)c1.[Pt]. The number of aromatic hydroxyl groups is 1. The van der Waals surface area contributed by atoms with E-state index in [0.29, 0.717) is 17.0 Å². The summed E-state index contributed by atoms with van der Waals surface area (Å²) in [4.78, 5) is 9.99. The average molecular weight is 921 g/mol. The van der Waals surface area contributed by atoms with E-state index in [-0.39, 0.29) is 48.5 Å². The molecule has 0 aliphatic rings. The summed E-state index contributed by atoms with van der Waals surface area (Å²) in [5, 5.41) is 11.7. The van der Waals surface area contributed by atoms with Crippen molar-refractivity contribution >= 4 is 11.1 Å². The van der Waals surface area contributed by atoms with E-state index in [0.717, 1.165) is 50.2 Å². The van der Waals surface area contributed by atoms with E-state index in [1.807, 2.05) is 24.4 Å². The van der Waals surface area contributed by atoms with Gasteiger partial charge in [0.2, 0.25) is 5.89 Å². The first-order valence-electron chi connectivity index (χ1n) is 19.3. The number of benzene rings is 5. The van der Waals surface area contributed by atoms with Crippen molar-refractivity contribution < 1.29 is 30.6 Å².